The van der Waals surface area contributed by atoms with Crippen LogP contribution in [0.5, 0.6) is 0 Å². The van der Waals surface area contributed by atoms with Crippen LogP contribution in [0.3, 0.4) is 0 Å². The van der Waals surface area contributed by atoms with Crippen LogP contribution in [0.2, 0.25) is 0 Å². The largest absolute Gasteiger partial charge is 0.462 e. The Bertz CT molecular complexity index is 968. The summed E-state index contributed by atoms with van der Waals surface area (Å²) in [6.45, 7) is 11.0. The van der Waals surface area contributed by atoms with E-state index in [1.165, 1.54) is 11.1 Å². The van der Waals surface area contributed by atoms with Crippen molar-refractivity contribution in [3.8, 4) is 11.8 Å². The fraction of sp³-hybridized carbons (Fsp3) is 0.423. The summed E-state index contributed by atoms with van der Waals surface area (Å²) in [7, 11) is 0. The fourth-order valence-electron chi connectivity index (χ4n) is 3.56. The Hall–Kier alpha value is -1.84. The molecular weight excluding hydrogens is 487 g/mol. The molecule has 3 rings (SSSR count). The van der Waals surface area contributed by atoms with Gasteiger partial charge in [0.25, 0.3) is 0 Å². The quantitative estimate of drug-likeness (QED) is 0.201. The molecule has 0 bridgehead atoms. The molecule has 1 fully saturated rings. The summed E-state index contributed by atoms with van der Waals surface area (Å²) in [6.07, 6.45) is 2.14. The van der Waals surface area contributed by atoms with E-state index in [0.717, 1.165) is 24.0 Å². The van der Waals surface area contributed by atoms with Crippen LogP contribution in [0.4, 0.5) is 0 Å². The first-order chi connectivity index (χ1) is 14.1. The molecule has 158 valence electrons. The monoisotopic (exact) mass is 516 g/mol. The Labute approximate surface area is 193 Å². The third kappa shape index (κ3) is 5.44. The van der Waals surface area contributed by atoms with E-state index in [1.54, 1.807) is 19.1 Å². The number of carbonyl (C=O) groups is 1. The van der Waals surface area contributed by atoms with Gasteiger partial charge >= 0.3 is 5.97 Å². The lowest BCUT2D eigenvalue weighted by molar-refractivity contribution is 0.0277. The molecule has 0 aliphatic heterocycles. The molecule has 1 saturated carbocycles. The van der Waals surface area contributed by atoms with Crippen LogP contribution in [0.15, 0.2) is 42.5 Å². The van der Waals surface area contributed by atoms with Gasteiger partial charge in [0.2, 0.25) is 0 Å². The zero-order valence-electron chi connectivity index (χ0n) is 18.3. The minimum absolute atomic E-state index is 0.00176. The number of benzene rings is 2. The van der Waals surface area contributed by atoms with Gasteiger partial charge in [0.1, 0.15) is 4.11 Å². The van der Waals surface area contributed by atoms with Gasteiger partial charge in [-0.15, -0.1) is 0 Å². The van der Waals surface area contributed by atoms with Gasteiger partial charge in [0.05, 0.1) is 17.8 Å². The van der Waals surface area contributed by atoms with Crippen molar-refractivity contribution < 1.29 is 14.3 Å². The SMILES string of the molecule is CCOC(=O)c1ccc(C#Cc2ccc(C3(OC(C)I)CC3)c(C(C)(C)C)c2)cc1. The zero-order chi connectivity index (χ0) is 21.9. The average Bonchev–Trinajstić information content (AvgIpc) is 3.46. The third-order valence-electron chi connectivity index (χ3n) is 5.16. The molecule has 0 aromatic heterocycles. The Morgan fingerprint density at radius 1 is 1.10 bits per heavy atom. The highest BCUT2D eigenvalue weighted by atomic mass is 127. The average molecular weight is 516 g/mol. The molecule has 1 atom stereocenters. The maximum atomic E-state index is 11.8. The van der Waals surface area contributed by atoms with Crippen LogP contribution >= 0.6 is 22.6 Å². The third-order valence-corrected chi connectivity index (χ3v) is 5.41. The predicted molar refractivity (Wildman–Crippen MR) is 129 cm³/mol. The molecule has 0 amide bonds. The first-order valence-electron chi connectivity index (χ1n) is 10.4. The number of alkyl halides is 1. The van der Waals surface area contributed by atoms with E-state index in [9.17, 15) is 4.79 Å². The van der Waals surface area contributed by atoms with Gasteiger partial charge in [-0.05, 0) is 79.6 Å². The summed E-state index contributed by atoms with van der Waals surface area (Å²) in [4.78, 5) is 11.8. The zero-order valence-corrected chi connectivity index (χ0v) is 20.5. The number of esters is 1. The van der Waals surface area contributed by atoms with Crippen LogP contribution in [-0.2, 0) is 20.5 Å². The summed E-state index contributed by atoms with van der Waals surface area (Å²) >= 11 is 2.33. The number of hydrogen-bond donors (Lipinski definition) is 0. The number of rotatable bonds is 5. The van der Waals surface area contributed by atoms with Crippen molar-refractivity contribution in [2.24, 2.45) is 0 Å². The standard InChI is InChI=1S/C26H29IO3/c1-6-29-24(28)21-12-9-19(10-13-21)7-8-20-11-14-22(23(17-20)25(3,4)5)26(15-16-26)30-18(2)27/h9-14,17-18H,6,15-16H2,1-5H3. The van der Waals surface area contributed by atoms with Crippen molar-refractivity contribution >= 4 is 28.6 Å². The van der Waals surface area contributed by atoms with Gasteiger partial charge in [0, 0.05) is 11.1 Å². The Morgan fingerprint density at radius 3 is 2.23 bits per heavy atom. The van der Waals surface area contributed by atoms with Crippen LogP contribution in [0.1, 0.15) is 80.1 Å². The van der Waals surface area contributed by atoms with Gasteiger partial charge in [-0.3, -0.25) is 0 Å². The van der Waals surface area contributed by atoms with Gasteiger partial charge in [0.15, 0.2) is 0 Å². The molecule has 4 heteroatoms. The predicted octanol–water partition coefficient (Wildman–Crippen LogP) is 6.35. The van der Waals surface area contributed by atoms with E-state index >= 15 is 0 Å². The van der Waals surface area contributed by atoms with E-state index < -0.39 is 0 Å². The minimum Gasteiger partial charge on any atom is -0.462 e. The molecule has 3 nitrogen and oxygen atoms in total. The molecule has 0 radical (unpaired) electrons. The molecule has 2 aromatic carbocycles. The topological polar surface area (TPSA) is 35.5 Å². The first-order valence-corrected chi connectivity index (χ1v) is 11.7. The second-order valence-electron chi connectivity index (χ2n) is 8.71. The van der Waals surface area contributed by atoms with Crippen molar-refractivity contribution in [2.45, 2.75) is 62.6 Å². The molecule has 0 spiro atoms. The molecule has 0 saturated heterocycles. The normalized spacial score (nSPS) is 15.7. The van der Waals surface area contributed by atoms with Crippen molar-refractivity contribution in [1.82, 2.24) is 0 Å². The molecular formula is C26H29IO3. The van der Waals surface area contributed by atoms with E-state index in [-0.39, 0.29) is 21.1 Å². The summed E-state index contributed by atoms with van der Waals surface area (Å²) in [5.74, 6) is 6.18. The number of halogens is 1. The van der Waals surface area contributed by atoms with Crippen molar-refractivity contribution in [2.75, 3.05) is 6.61 Å². The van der Waals surface area contributed by atoms with Crippen molar-refractivity contribution in [3.63, 3.8) is 0 Å². The lowest BCUT2D eigenvalue weighted by Gasteiger charge is -2.29. The minimum atomic E-state index is -0.306. The molecule has 1 aliphatic rings. The highest BCUT2D eigenvalue weighted by Gasteiger charge is 2.48. The molecule has 0 N–H and O–H groups in total. The van der Waals surface area contributed by atoms with Crippen LogP contribution in [0, 0.1) is 11.8 Å². The molecule has 1 unspecified atom stereocenters. The van der Waals surface area contributed by atoms with Gasteiger partial charge in [-0.25, -0.2) is 4.79 Å². The molecule has 0 heterocycles. The van der Waals surface area contributed by atoms with Crippen molar-refractivity contribution in [3.05, 3.63) is 70.3 Å². The van der Waals surface area contributed by atoms with E-state index in [2.05, 4.69) is 80.3 Å². The highest BCUT2D eigenvalue weighted by Crippen LogP contribution is 2.53. The summed E-state index contributed by atoms with van der Waals surface area (Å²) in [6, 6.07) is 13.7. The fourth-order valence-corrected chi connectivity index (χ4v) is 4.05. The van der Waals surface area contributed by atoms with Crippen LogP contribution in [0.25, 0.3) is 0 Å². The number of ether oxygens (including phenoxy) is 2. The summed E-state index contributed by atoms with van der Waals surface area (Å²) in [5.41, 5.74) is 4.84. The van der Waals surface area contributed by atoms with Gasteiger partial charge in [-0.1, -0.05) is 61.3 Å². The second kappa shape index (κ2) is 9.11. The van der Waals surface area contributed by atoms with E-state index in [0.29, 0.717) is 12.2 Å². The van der Waals surface area contributed by atoms with Crippen LogP contribution in [-0.4, -0.2) is 16.7 Å². The Morgan fingerprint density at radius 2 is 1.70 bits per heavy atom. The number of carbonyl (C=O) groups excluding carboxylic acids is 1. The smallest absolute Gasteiger partial charge is 0.338 e. The number of hydrogen-bond acceptors (Lipinski definition) is 3. The molecule has 1 aliphatic carbocycles. The van der Waals surface area contributed by atoms with E-state index in [1.807, 2.05) is 12.1 Å². The van der Waals surface area contributed by atoms with Gasteiger partial charge < -0.3 is 9.47 Å². The molecule has 2 aromatic rings. The maximum Gasteiger partial charge on any atom is 0.338 e. The molecule has 30 heavy (non-hydrogen) atoms. The van der Waals surface area contributed by atoms with E-state index in [4.69, 9.17) is 9.47 Å². The lowest BCUT2D eigenvalue weighted by Crippen LogP contribution is -2.23. The lowest BCUT2D eigenvalue weighted by atomic mass is 9.80. The van der Waals surface area contributed by atoms with Gasteiger partial charge in [-0.2, -0.15) is 0 Å². The van der Waals surface area contributed by atoms with Crippen molar-refractivity contribution in [1.29, 1.82) is 0 Å². The summed E-state index contributed by atoms with van der Waals surface area (Å²) in [5, 5.41) is 0. The second-order valence-corrected chi connectivity index (χ2v) is 10.5. The first kappa shape index (κ1) is 22.8. The maximum absolute atomic E-state index is 11.8. The highest BCUT2D eigenvalue weighted by molar-refractivity contribution is 14.1. The Kier molecular flexibility index (Phi) is 6.94. The van der Waals surface area contributed by atoms with Crippen LogP contribution < -0.4 is 0 Å². The Balaban J connectivity index is 1.87. The summed E-state index contributed by atoms with van der Waals surface area (Å²) < 4.78 is 11.5.